The van der Waals surface area contributed by atoms with Crippen molar-refractivity contribution >= 4 is 17.3 Å². The molecule has 0 saturated heterocycles. The van der Waals surface area contributed by atoms with Crippen molar-refractivity contribution < 1.29 is 4.79 Å². The van der Waals surface area contributed by atoms with Crippen molar-refractivity contribution in [1.29, 1.82) is 0 Å². The molecular formula is C15H20N2O. The molecule has 0 aliphatic carbocycles. The second-order valence-corrected chi connectivity index (χ2v) is 4.75. The molecule has 0 fully saturated rings. The number of anilines is 1. The van der Waals surface area contributed by atoms with Gasteiger partial charge in [0.1, 0.15) is 0 Å². The summed E-state index contributed by atoms with van der Waals surface area (Å²) >= 11 is 0. The molecule has 0 aliphatic heterocycles. The van der Waals surface area contributed by atoms with Gasteiger partial charge in [-0.2, -0.15) is 0 Å². The van der Waals surface area contributed by atoms with Crippen LogP contribution >= 0.6 is 0 Å². The van der Waals surface area contributed by atoms with Crippen molar-refractivity contribution in [2.24, 2.45) is 5.92 Å². The minimum absolute atomic E-state index is 0.0225. The van der Waals surface area contributed by atoms with Gasteiger partial charge in [-0.15, -0.1) is 0 Å². The molecule has 0 aliphatic rings. The van der Waals surface area contributed by atoms with Crippen LogP contribution in [0, 0.1) is 26.3 Å². The Hall–Kier alpha value is -1.82. The van der Waals surface area contributed by atoms with Crippen LogP contribution in [-0.4, -0.2) is 5.91 Å². The Morgan fingerprint density at radius 2 is 1.94 bits per heavy atom. The second-order valence-electron chi connectivity index (χ2n) is 4.75. The van der Waals surface area contributed by atoms with Crippen molar-refractivity contribution in [2.75, 3.05) is 5.32 Å². The van der Waals surface area contributed by atoms with E-state index in [-0.39, 0.29) is 11.8 Å². The van der Waals surface area contributed by atoms with E-state index in [1.807, 2.05) is 20.8 Å². The zero-order valence-electron chi connectivity index (χ0n) is 11.5. The normalized spacial score (nSPS) is 11.7. The van der Waals surface area contributed by atoms with Crippen LogP contribution in [0.5, 0.6) is 0 Å². The van der Waals surface area contributed by atoms with Gasteiger partial charge in [0.05, 0.1) is 6.57 Å². The minimum Gasteiger partial charge on any atom is -0.325 e. The van der Waals surface area contributed by atoms with Gasteiger partial charge in [-0.05, 0) is 31.4 Å². The number of carbonyl (C=O) groups is 1. The van der Waals surface area contributed by atoms with Crippen LogP contribution in [-0.2, 0) is 4.79 Å². The van der Waals surface area contributed by atoms with E-state index in [1.54, 1.807) is 12.1 Å². The predicted octanol–water partition coefficient (Wildman–Crippen LogP) is 4.23. The molecular weight excluding hydrogens is 224 g/mol. The van der Waals surface area contributed by atoms with Crippen LogP contribution in [0.15, 0.2) is 12.1 Å². The summed E-state index contributed by atoms with van der Waals surface area (Å²) in [6, 6.07) is 3.61. The highest BCUT2D eigenvalue weighted by Crippen LogP contribution is 2.27. The molecule has 0 heterocycles. The number of aryl methyl sites for hydroxylation is 2. The first-order chi connectivity index (χ1) is 8.49. The average molecular weight is 244 g/mol. The van der Waals surface area contributed by atoms with Crippen LogP contribution in [0.1, 0.15) is 37.8 Å². The van der Waals surface area contributed by atoms with Crippen molar-refractivity contribution in [3.63, 3.8) is 0 Å². The minimum atomic E-state index is 0.0225. The summed E-state index contributed by atoms with van der Waals surface area (Å²) in [5.74, 6) is 0.0768. The fourth-order valence-electron chi connectivity index (χ4n) is 2.01. The Morgan fingerprint density at radius 3 is 2.39 bits per heavy atom. The van der Waals surface area contributed by atoms with Gasteiger partial charge < -0.3 is 5.32 Å². The second kappa shape index (κ2) is 6.20. The fourth-order valence-corrected chi connectivity index (χ4v) is 2.01. The molecule has 96 valence electrons. The smallest absolute Gasteiger partial charge is 0.227 e. The van der Waals surface area contributed by atoms with E-state index < -0.39 is 0 Å². The Kier molecular flexibility index (Phi) is 4.91. The molecule has 1 unspecified atom stereocenters. The van der Waals surface area contributed by atoms with Crippen LogP contribution < -0.4 is 5.32 Å². The third-order valence-electron chi connectivity index (χ3n) is 3.06. The largest absolute Gasteiger partial charge is 0.325 e. The third-order valence-corrected chi connectivity index (χ3v) is 3.06. The monoisotopic (exact) mass is 244 g/mol. The average Bonchev–Trinajstić information content (AvgIpc) is 2.33. The molecule has 0 radical (unpaired) electrons. The first-order valence-corrected chi connectivity index (χ1v) is 6.29. The number of benzene rings is 1. The summed E-state index contributed by atoms with van der Waals surface area (Å²) in [7, 11) is 0. The molecule has 0 saturated carbocycles. The van der Waals surface area contributed by atoms with E-state index in [4.69, 9.17) is 6.57 Å². The SMILES string of the molecule is [C-]#[N+]c1cc(C)c(NC(=O)C(C)CCC)c(C)c1. The van der Waals surface area contributed by atoms with Gasteiger partial charge in [-0.25, -0.2) is 4.85 Å². The number of hydrogen-bond acceptors (Lipinski definition) is 1. The molecule has 1 N–H and O–H groups in total. The van der Waals surface area contributed by atoms with Gasteiger partial charge >= 0.3 is 0 Å². The van der Waals surface area contributed by atoms with Crippen LogP contribution in [0.3, 0.4) is 0 Å². The van der Waals surface area contributed by atoms with Gasteiger partial charge in [0.25, 0.3) is 0 Å². The lowest BCUT2D eigenvalue weighted by atomic mass is 10.0. The molecule has 1 amide bonds. The lowest BCUT2D eigenvalue weighted by Gasteiger charge is -2.15. The topological polar surface area (TPSA) is 33.5 Å². The van der Waals surface area contributed by atoms with E-state index in [0.29, 0.717) is 5.69 Å². The highest BCUT2D eigenvalue weighted by Gasteiger charge is 2.14. The van der Waals surface area contributed by atoms with Gasteiger partial charge in [0, 0.05) is 11.6 Å². The van der Waals surface area contributed by atoms with Gasteiger partial charge in [-0.3, -0.25) is 4.79 Å². The van der Waals surface area contributed by atoms with E-state index in [2.05, 4.69) is 17.1 Å². The summed E-state index contributed by atoms with van der Waals surface area (Å²) in [4.78, 5) is 15.4. The quantitative estimate of drug-likeness (QED) is 0.790. The van der Waals surface area contributed by atoms with E-state index in [9.17, 15) is 4.79 Å². The molecule has 0 aromatic heterocycles. The Balaban J connectivity index is 2.92. The van der Waals surface area contributed by atoms with Crippen molar-refractivity contribution in [3.05, 3.63) is 34.7 Å². The number of rotatable bonds is 4. The molecule has 0 spiro atoms. The summed E-state index contributed by atoms with van der Waals surface area (Å²) in [5, 5.41) is 2.97. The molecule has 1 aromatic rings. The Labute approximate surface area is 109 Å². The van der Waals surface area contributed by atoms with E-state index in [1.165, 1.54) is 0 Å². The fraction of sp³-hybridized carbons (Fsp3) is 0.467. The number of nitrogens with zero attached hydrogens (tertiary/aromatic N) is 1. The molecule has 18 heavy (non-hydrogen) atoms. The Bertz CT molecular complexity index is 463. The van der Waals surface area contributed by atoms with E-state index in [0.717, 1.165) is 29.7 Å². The van der Waals surface area contributed by atoms with E-state index >= 15 is 0 Å². The van der Waals surface area contributed by atoms with Crippen molar-refractivity contribution in [2.45, 2.75) is 40.5 Å². The maximum absolute atomic E-state index is 12.0. The summed E-state index contributed by atoms with van der Waals surface area (Å²) in [6.07, 6.45) is 1.90. The standard InChI is InChI=1S/C15H20N2O/c1-6-7-10(2)15(18)17-14-11(3)8-13(16-5)9-12(14)4/h8-10H,6-7H2,1-4H3,(H,17,18). The van der Waals surface area contributed by atoms with Crippen LogP contribution in [0.2, 0.25) is 0 Å². The summed E-state index contributed by atoms with van der Waals surface area (Å²) in [5.41, 5.74) is 3.34. The lowest BCUT2D eigenvalue weighted by molar-refractivity contribution is -0.119. The van der Waals surface area contributed by atoms with Gasteiger partial charge in [0.15, 0.2) is 5.69 Å². The van der Waals surface area contributed by atoms with Crippen molar-refractivity contribution in [3.8, 4) is 0 Å². The zero-order valence-corrected chi connectivity index (χ0v) is 11.5. The maximum Gasteiger partial charge on any atom is 0.227 e. The lowest BCUT2D eigenvalue weighted by Crippen LogP contribution is -2.21. The molecule has 0 bridgehead atoms. The molecule has 3 heteroatoms. The predicted molar refractivity (Wildman–Crippen MR) is 74.9 cm³/mol. The molecule has 1 atom stereocenters. The molecule has 1 aromatic carbocycles. The number of nitrogens with one attached hydrogen (secondary N) is 1. The number of amides is 1. The first-order valence-electron chi connectivity index (χ1n) is 6.29. The highest BCUT2D eigenvalue weighted by atomic mass is 16.1. The number of hydrogen-bond donors (Lipinski definition) is 1. The third kappa shape index (κ3) is 3.33. The first kappa shape index (κ1) is 14.2. The molecule has 1 rings (SSSR count). The van der Waals surface area contributed by atoms with Crippen molar-refractivity contribution in [1.82, 2.24) is 0 Å². The van der Waals surface area contributed by atoms with Crippen LogP contribution in [0.25, 0.3) is 4.85 Å². The zero-order chi connectivity index (χ0) is 13.7. The molecule has 3 nitrogen and oxygen atoms in total. The van der Waals surface area contributed by atoms with Gasteiger partial charge in [-0.1, -0.05) is 32.4 Å². The Morgan fingerprint density at radius 1 is 1.39 bits per heavy atom. The van der Waals surface area contributed by atoms with Crippen LogP contribution in [0.4, 0.5) is 11.4 Å². The maximum atomic E-state index is 12.0. The summed E-state index contributed by atoms with van der Waals surface area (Å²) < 4.78 is 0. The number of carbonyl (C=O) groups excluding carboxylic acids is 1. The summed E-state index contributed by atoms with van der Waals surface area (Å²) in [6.45, 7) is 14.9. The van der Waals surface area contributed by atoms with Gasteiger partial charge in [0.2, 0.25) is 5.91 Å². The highest BCUT2D eigenvalue weighted by molar-refractivity contribution is 5.94.